The van der Waals surface area contributed by atoms with E-state index >= 15 is 0 Å². The van der Waals surface area contributed by atoms with E-state index in [0.717, 1.165) is 12.0 Å². The molecule has 2 heteroatoms. The van der Waals surface area contributed by atoms with Crippen LogP contribution < -0.4 is 0 Å². The van der Waals surface area contributed by atoms with Gasteiger partial charge in [0.15, 0.2) is 0 Å². The normalized spacial score (nSPS) is 11.1. The van der Waals surface area contributed by atoms with Gasteiger partial charge < -0.3 is 4.74 Å². The molecule has 16 heavy (non-hydrogen) atoms. The van der Waals surface area contributed by atoms with Crippen molar-refractivity contribution in [2.24, 2.45) is 0 Å². The van der Waals surface area contributed by atoms with Gasteiger partial charge in [0.1, 0.15) is 6.61 Å². The summed E-state index contributed by atoms with van der Waals surface area (Å²) < 4.78 is 4.95. The Morgan fingerprint density at radius 3 is 2.69 bits per heavy atom. The number of ether oxygens (including phenoxy) is 1. The Balaban J connectivity index is 2.34. The van der Waals surface area contributed by atoms with Gasteiger partial charge in [0.05, 0.1) is 0 Å². The molecule has 0 fully saturated rings. The van der Waals surface area contributed by atoms with Crippen LogP contribution in [0.4, 0.5) is 0 Å². The summed E-state index contributed by atoms with van der Waals surface area (Å²) >= 11 is 0. The minimum absolute atomic E-state index is 0.315. The Labute approximate surface area is 96.2 Å². The lowest BCUT2D eigenvalue weighted by atomic mass is 10.2. The highest BCUT2D eigenvalue weighted by Gasteiger charge is 1.93. The van der Waals surface area contributed by atoms with Crippen molar-refractivity contribution in [1.82, 2.24) is 0 Å². The van der Waals surface area contributed by atoms with Gasteiger partial charge >= 0.3 is 5.97 Å². The Hall–Kier alpha value is -1.83. The van der Waals surface area contributed by atoms with E-state index in [-0.39, 0.29) is 5.97 Å². The van der Waals surface area contributed by atoms with Crippen LogP contribution >= 0.6 is 0 Å². The van der Waals surface area contributed by atoms with E-state index in [9.17, 15) is 4.79 Å². The number of allylic oxidation sites excluding steroid dienone is 1. The molecule has 1 aromatic rings. The van der Waals surface area contributed by atoms with E-state index < -0.39 is 0 Å². The number of hydrogen-bond acceptors (Lipinski definition) is 2. The second-order valence-electron chi connectivity index (χ2n) is 3.25. The van der Waals surface area contributed by atoms with Crippen LogP contribution in [0.15, 0.2) is 48.6 Å². The molecule has 0 bridgehead atoms. The van der Waals surface area contributed by atoms with Crippen LogP contribution in [0.2, 0.25) is 0 Å². The lowest BCUT2D eigenvalue weighted by Gasteiger charge is -1.96. The minimum atomic E-state index is -0.315. The number of carbonyl (C=O) groups is 1. The predicted octanol–water partition coefficient (Wildman–Crippen LogP) is 3.21. The van der Waals surface area contributed by atoms with Crippen molar-refractivity contribution in [3.8, 4) is 0 Å². The van der Waals surface area contributed by atoms with Crippen molar-refractivity contribution in [3.05, 3.63) is 54.1 Å². The maximum absolute atomic E-state index is 11.2. The third kappa shape index (κ3) is 5.15. The topological polar surface area (TPSA) is 26.3 Å². The fourth-order valence-corrected chi connectivity index (χ4v) is 1.14. The second-order valence-corrected chi connectivity index (χ2v) is 3.25. The molecular weight excluding hydrogens is 200 g/mol. The first-order chi connectivity index (χ1) is 7.83. The van der Waals surface area contributed by atoms with E-state index in [2.05, 4.69) is 0 Å². The van der Waals surface area contributed by atoms with Crippen molar-refractivity contribution in [3.63, 3.8) is 0 Å². The van der Waals surface area contributed by atoms with Crippen LogP contribution in [0.25, 0.3) is 6.08 Å². The largest absolute Gasteiger partial charge is 0.458 e. The van der Waals surface area contributed by atoms with E-state index in [0.29, 0.717) is 6.61 Å². The van der Waals surface area contributed by atoms with Gasteiger partial charge in [-0.05, 0) is 18.1 Å². The first-order valence-corrected chi connectivity index (χ1v) is 5.38. The third-order valence-corrected chi connectivity index (χ3v) is 1.94. The van der Waals surface area contributed by atoms with Crippen molar-refractivity contribution >= 4 is 12.0 Å². The average Bonchev–Trinajstić information content (AvgIpc) is 2.33. The summed E-state index contributed by atoms with van der Waals surface area (Å²) in [6.45, 7) is 2.37. The maximum atomic E-state index is 11.2. The van der Waals surface area contributed by atoms with Gasteiger partial charge in [0.2, 0.25) is 0 Å². The van der Waals surface area contributed by atoms with Crippen LogP contribution in [-0.4, -0.2) is 12.6 Å². The van der Waals surface area contributed by atoms with E-state index in [1.807, 2.05) is 49.4 Å². The lowest BCUT2D eigenvalue weighted by Crippen LogP contribution is -1.99. The van der Waals surface area contributed by atoms with Gasteiger partial charge in [0.25, 0.3) is 0 Å². The zero-order chi connectivity index (χ0) is 11.6. The Morgan fingerprint density at radius 2 is 2.00 bits per heavy atom. The fourth-order valence-electron chi connectivity index (χ4n) is 1.14. The van der Waals surface area contributed by atoms with Crippen molar-refractivity contribution in [1.29, 1.82) is 0 Å². The van der Waals surface area contributed by atoms with Crippen molar-refractivity contribution in [2.45, 2.75) is 13.3 Å². The molecule has 0 aromatic heterocycles. The monoisotopic (exact) mass is 216 g/mol. The molecule has 0 N–H and O–H groups in total. The standard InChI is InChI=1S/C14H16O2/c1-2-3-7-12-16-14(15)11-10-13-8-5-4-6-9-13/h3-11H,2,12H2,1H3. The highest BCUT2D eigenvalue weighted by Crippen LogP contribution is 2.00. The molecular formula is C14H16O2. The quantitative estimate of drug-likeness (QED) is 0.429. The minimum Gasteiger partial charge on any atom is -0.458 e. The van der Waals surface area contributed by atoms with Gasteiger partial charge in [-0.1, -0.05) is 49.4 Å². The maximum Gasteiger partial charge on any atom is 0.331 e. The number of hydrogen-bond donors (Lipinski definition) is 0. The molecule has 0 aliphatic rings. The summed E-state index contributed by atoms with van der Waals surface area (Å²) in [5.41, 5.74) is 0.989. The molecule has 0 amide bonds. The average molecular weight is 216 g/mol. The Kier molecular flexibility index (Phi) is 5.71. The third-order valence-electron chi connectivity index (χ3n) is 1.94. The van der Waals surface area contributed by atoms with E-state index in [4.69, 9.17) is 4.74 Å². The van der Waals surface area contributed by atoms with Gasteiger partial charge in [-0.25, -0.2) is 4.79 Å². The number of esters is 1. The Bertz CT molecular complexity index is 364. The summed E-state index contributed by atoms with van der Waals surface area (Å²) in [5.74, 6) is -0.315. The molecule has 0 atom stereocenters. The van der Waals surface area contributed by atoms with Gasteiger partial charge in [-0.3, -0.25) is 0 Å². The van der Waals surface area contributed by atoms with E-state index in [1.54, 1.807) is 6.08 Å². The number of carbonyl (C=O) groups excluding carboxylic acids is 1. The molecule has 0 saturated heterocycles. The summed E-state index contributed by atoms with van der Waals surface area (Å²) in [4.78, 5) is 11.2. The first kappa shape index (κ1) is 12.2. The zero-order valence-electron chi connectivity index (χ0n) is 9.43. The number of benzene rings is 1. The molecule has 0 unspecified atom stereocenters. The highest BCUT2D eigenvalue weighted by molar-refractivity contribution is 5.87. The summed E-state index contributed by atoms with van der Waals surface area (Å²) in [6, 6.07) is 9.65. The molecule has 0 spiro atoms. The van der Waals surface area contributed by atoms with E-state index in [1.165, 1.54) is 6.08 Å². The molecule has 84 valence electrons. The number of rotatable bonds is 5. The van der Waals surface area contributed by atoms with Crippen molar-refractivity contribution in [2.75, 3.05) is 6.61 Å². The molecule has 1 rings (SSSR count). The van der Waals surface area contributed by atoms with Crippen LogP contribution in [0.5, 0.6) is 0 Å². The highest BCUT2D eigenvalue weighted by atomic mass is 16.5. The molecule has 0 aliphatic heterocycles. The second kappa shape index (κ2) is 7.46. The predicted molar refractivity (Wildman–Crippen MR) is 65.9 cm³/mol. The smallest absolute Gasteiger partial charge is 0.331 e. The van der Waals surface area contributed by atoms with Gasteiger partial charge in [-0.2, -0.15) is 0 Å². The van der Waals surface area contributed by atoms with Crippen LogP contribution in [-0.2, 0) is 9.53 Å². The fraction of sp³-hybridized carbons (Fsp3) is 0.214. The zero-order valence-corrected chi connectivity index (χ0v) is 9.43. The van der Waals surface area contributed by atoms with Crippen molar-refractivity contribution < 1.29 is 9.53 Å². The van der Waals surface area contributed by atoms with Crippen LogP contribution in [0, 0.1) is 0 Å². The van der Waals surface area contributed by atoms with Gasteiger partial charge in [0, 0.05) is 6.08 Å². The SMILES string of the molecule is CCC=CCOC(=O)C=Cc1ccccc1. The first-order valence-electron chi connectivity index (χ1n) is 5.38. The lowest BCUT2D eigenvalue weighted by molar-refractivity contribution is -0.136. The molecule has 1 aromatic carbocycles. The molecule has 0 aliphatic carbocycles. The Morgan fingerprint density at radius 1 is 1.25 bits per heavy atom. The van der Waals surface area contributed by atoms with Crippen LogP contribution in [0.3, 0.4) is 0 Å². The summed E-state index contributed by atoms with van der Waals surface area (Å²) in [7, 11) is 0. The summed E-state index contributed by atoms with van der Waals surface area (Å²) in [6.07, 6.45) is 7.95. The van der Waals surface area contributed by atoms with Gasteiger partial charge in [-0.15, -0.1) is 0 Å². The van der Waals surface area contributed by atoms with Crippen LogP contribution in [0.1, 0.15) is 18.9 Å². The molecule has 0 heterocycles. The molecule has 0 radical (unpaired) electrons. The summed E-state index contributed by atoms with van der Waals surface area (Å²) in [5, 5.41) is 0. The molecule has 0 saturated carbocycles. The molecule has 2 nitrogen and oxygen atoms in total.